The van der Waals surface area contributed by atoms with Crippen LogP contribution in [-0.2, 0) is 17.1 Å². The molecule has 1 nitrogen and oxygen atoms in total. The van der Waals surface area contributed by atoms with Gasteiger partial charge >= 0.3 is 17.1 Å². The SMILES string of the molecule is C(=Cc1ccc[cH-]1)=Cc1ccco1.[Fe+2].c1cc[cH-]c1. The molecule has 2 aromatic carbocycles. The summed E-state index contributed by atoms with van der Waals surface area (Å²) in [6.07, 6.45) is 5.38. The van der Waals surface area contributed by atoms with Crippen LogP contribution in [0.25, 0.3) is 12.2 Å². The fourth-order valence-corrected chi connectivity index (χ4v) is 1.40. The molecule has 0 aliphatic rings. The summed E-state index contributed by atoms with van der Waals surface area (Å²) in [6, 6.07) is 21.8. The van der Waals surface area contributed by atoms with E-state index in [0.29, 0.717) is 0 Å². The number of furan rings is 1. The predicted molar refractivity (Wildman–Crippen MR) is 75.2 cm³/mol. The van der Waals surface area contributed by atoms with Crippen molar-refractivity contribution in [2.75, 3.05) is 0 Å². The molecule has 0 spiro atoms. The molecule has 19 heavy (non-hydrogen) atoms. The molecule has 0 bridgehead atoms. The molecule has 0 radical (unpaired) electrons. The normalized spacial score (nSPS) is 8.42. The molecule has 0 amide bonds. The van der Waals surface area contributed by atoms with Gasteiger partial charge in [0.05, 0.1) is 6.26 Å². The first-order valence-corrected chi connectivity index (χ1v) is 5.79. The van der Waals surface area contributed by atoms with Gasteiger partial charge in [0.1, 0.15) is 5.76 Å². The van der Waals surface area contributed by atoms with E-state index in [-0.39, 0.29) is 17.1 Å². The van der Waals surface area contributed by atoms with Gasteiger partial charge in [-0.1, -0.05) is 6.08 Å². The molecule has 0 N–H and O–H groups in total. The van der Waals surface area contributed by atoms with Gasteiger partial charge < -0.3 is 4.42 Å². The van der Waals surface area contributed by atoms with Crippen molar-refractivity contribution < 1.29 is 21.5 Å². The van der Waals surface area contributed by atoms with Crippen LogP contribution in [0, 0.1) is 0 Å². The maximum Gasteiger partial charge on any atom is 2.00 e. The Labute approximate surface area is 124 Å². The Kier molecular flexibility index (Phi) is 7.16. The first-order chi connectivity index (χ1) is 8.95. The molecule has 0 atom stereocenters. The molecule has 0 aliphatic carbocycles. The number of rotatable bonds is 2. The third kappa shape index (κ3) is 5.94. The Bertz CT molecular complexity index is 510. The third-order valence-corrected chi connectivity index (χ3v) is 2.26. The first kappa shape index (κ1) is 15.1. The molecular weight excluding hydrogens is 276 g/mol. The summed E-state index contributed by atoms with van der Waals surface area (Å²) in [6.45, 7) is 0. The van der Waals surface area contributed by atoms with Crippen molar-refractivity contribution in [3.63, 3.8) is 0 Å². The van der Waals surface area contributed by atoms with E-state index in [9.17, 15) is 0 Å². The van der Waals surface area contributed by atoms with Crippen molar-refractivity contribution >= 4 is 12.2 Å². The number of hydrogen-bond acceptors (Lipinski definition) is 1. The van der Waals surface area contributed by atoms with E-state index in [1.54, 1.807) is 6.26 Å². The van der Waals surface area contributed by atoms with E-state index < -0.39 is 0 Å². The van der Waals surface area contributed by atoms with Gasteiger partial charge in [-0.3, -0.25) is 0 Å². The van der Waals surface area contributed by atoms with Crippen molar-refractivity contribution in [2.24, 2.45) is 0 Å². The fourth-order valence-electron chi connectivity index (χ4n) is 1.40. The maximum atomic E-state index is 5.11. The van der Waals surface area contributed by atoms with Gasteiger partial charge in [-0.15, -0.1) is 11.6 Å². The molecule has 96 valence electrons. The van der Waals surface area contributed by atoms with Crippen molar-refractivity contribution in [1.82, 2.24) is 0 Å². The average molecular weight is 290 g/mol. The van der Waals surface area contributed by atoms with E-state index in [1.165, 1.54) is 0 Å². The molecule has 3 aromatic rings. The van der Waals surface area contributed by atoms with Gasteiger partial charge in [0.2, 0.25) is 0 Å². The molecule has 0 saturated heterocycles. The fraction of sp³-hybridized carbons (Fsp3) is 0. The van der Waals surface area contributed by atoms with Crippen molar-refractivity contribution in [1.29, 1.82) is 0 Å². The second kappa shape index (κ2) is 9.02. The minimum absolute atomic E-state index is 0. The molecule has 0 aliphatic heterocycles. The average Bonchev–Trinajstić information content (AvgIpc) is 3.16. The number of hydrogen-bond donors (Lipinski definition) is 0. The van der Waals surface area contributed by atoms with Crippen molar-refractivity contribution in [3.05, 3.63) is 90.0 Å². The van der Waals surface area contributed by atoms with Crippen LogP contribution in [0.15, 0.2) is 83.1 Å². The van der Waals surface area contributed by atoms with Gasteiger partial charge in [-0.25, -0.2) is 12.1 Å². The minimum Gasteiger partial charge on any atom is -0.464 e. The standard InChI is InChI=1S/C12H9O.C5H5.Fe/c1-2-6-11(5-1)7-3-8-12-9-4-10-13-12;1-2-4-5-3-1;/h1-2,4-10H;1-5H;/q2*-1;+2. The quantitative estimate of drug-likeness (QED) is 0.378. The van der Waals surface area contributed by atoms with E-state index in [2.05, 4.69) is 5.73 Å². The second-order valence-corrected chi connectivity index (χ2v) is 3.65. The van der Waals surface area contributed by atoms with Gasteiger partial charge in [0.25, 0.3) is 0 Å². The zero-order valence-corrected chi connectivity index (χ0v) is 11.4. The topological polar surface area (TPSA) is 13.1 Å². The molecule has 2 heteroatoms. The summed E-state index contributed by atoms with van der Waals surface area (Å²) in [7, 11) is 0. The molecular formula is C17H14FeO. The van der Waals surface area contributed by atoms with Crippen LogP contribution in [0.5, 0.6) is 0 Å². The monoisotopic (exact) mass is 290 g/mol. The molecule has 0 unspecified atom stereocenters. The summed E-state index contributed by atoms with van der Waals surface area (Å²) in [5.41, 5.74) is 4.20. The van der Waals surface area contributed by atoms with Crippen LogP contribution >= 0.6 is 0 Å². The third-order valence-electron chi connectivity index (χ3n) is 2.26. The Hall–Kier alpha value is -1.98. The largest absolute Gasteiger partial charge is 2.00 e. The summed E-state index contributed by atoms with van der Waals surface area (Å²) in [5.74, 6) is 0.822. The summed E-state index contributed by atoms with van der Waals surface area (Å²) < 4.78 is 5.11. The van der Waals surface area contributed by atoms with Gasteiger partial charge in [-0.05, 0) is 12.1 Å². The Balaban J connectivity index is 0.000000256. The Morgan fingerprint density at radius 3 is 2.32 bits per heavy atom. The summed E-state index contributed by atoms with van der Waals surface area (Å²) in [4.78, 5) is 0. The molecule has 0 saturated carbocycles. The zero-order valence-electron chi connectivity index (χ0n) is 10.3. The molecule has 3 rings (SSSR count). The smallest absolute Gasteiger partial charge is 0.464 e. The van der Waals surface area contributed by atoms with Crippen LogP contribution in [0.4, 0.5) is 0 Å². The van der Waals surface area contributed by atoms with Crippen LogP contribution in [0.2, 0.25) is 0 Å². The van der Waals surface area contributed by atoms with E-state index in [4.69, 9.17) is 4.42 Å². The van der Waals surface area contributed by atoms with Gasteiger partial charge in [0, 0.05) is 6.08 Å². The molecule has 1 heterocycles. The molecule has 0 fully saturated rings. The van der Waals surface area contributed by atoms with E-state index in [0.717, 1.165) is 11.3 Å². The Morgan fingerprint density at radius 1 is 0.947 bits per heavy atom. The van der Waals surface area contributed by atoms with Crippen molar-refractivity contribution in [3.8, 4) is 0 Å². The van der Waals surface area contributed by atoms with Crippen LogP contribution in [0.3, 0.4) is 0 Å². The minimum atomic E-state index is 0. The van der Waals surface area contributed by atoms with Crippen LogP contribution in [0.1, 0.15) is 11.3 Å². The Morgan fingerprint density at radius 2 is 1.79 bits per heavy atom. The maximum absolute atomic E-state index is 5.11. The zero-order chi connectivity index (χ0) is 12.5. The molecule has 1 aromatic heterocycles. The second-order valence-electron chi connectivity index (χ2n) is 3.65. The van der Waals surface area contributed by atoms with Gasteiger partial charge in [-0.2, -0.15) is 42.1 Å². The summed E-state index contributed by atoms with van der Waals surface area (Å²) in [5, 5.41) is 0. The summed E-state index contributed by atoms with van der Waals surface area (Å²) >= 11 is 0. The van der Waals surface area contributed by atoms with Crippen molar-refractivity contribution in [2.45, 2.75) is 0 Å². The van der Waals surface area contributed by atoms with Crippen LogP contribution in [-0.4, -0.2) is 0 Å². The van der Waals surface area contributed by atoms with E-state index in [1.807, 2.05) is 78.9 Å². The van der Waals surface area contributed by atoms with Crippen LogP contribution < -0.4 is 0 Å². The van der Waals surface area contributed by atoms with Gasteiger partial charge in [0.15, 0.2) is 0 Å². The first-order valence-electron chi connectivity index (χ1n) is 5.79. The predicted octanol–water partition coefficient (Wildman–Crippen LogP) is 4.73. The van der Waals surface area contributed by atoms with E-state index >= 15 is 0 Å².